The Morgan fingerprint density at radius 2 is 1.56 bits per heavy atom. The van der Waals surface area contributed by atoms with Gasteiger partial charge >= 0.3 is 0 Å². The van der Waals surface area contributed by atoms with Gasteiger partial charge in [-0.1, -0.05) is 67.1 Å². The minimum atomic E-state index is -3.43. The van der Waals surface area contributed by atoms with E-state index in [0.29, 0.717) is 0 Å². The Balaban J connectivity index is 1.25. The van der Waals surface area contributed by atoms with Gasteiger partial charge in [-0.05, 0) is 36.8 Å². The van der Waals surface area contributed by atoms with Crippen molar-refractivity contribution >= 4 is 27.1 Å². The van der Waals surface area contributed by atoms with Crippen LogP contribution in [0.15, 0.2) is 66.0 Å². The van der Waals surface area contributed by atoms with Gasteiger partial charge in [0.05, 0.1) is 24.4 Å². The van der Waals surface area contributed by atoms with Crippen LogP contribution < -0.4 is 0 Å². The van der Waals surface area contributed by atoms with Crippen molar-refractivity contribution in [3.63, 3.8) is 0 Å². The quantitative estimate of drug-likeness (QED) is 0.300. The summed E-state index contributed by atoms with van der Waals surface area (Å²) in [7, 11) is -3.43. The number of nitrogens with zero attached hydrogens (tertiary/aromatic N) is 2. The number of carbonyl (C=O) groups excluding carboxylic acids is 1. The standard InChI is InChI=1S/C25H28N2O3S2/c28-24-16-25(32(29,30)19-21-13-7-2-8-14-21)27(24)17-23-26-22(18-31-23)15-9-3-6-12-20-10-4-1-5-11-20/h1-2,4-5,7-8,10-11,13-14,18,25H,3,6,9,12,15-17,19H2. The highest BCUT2D eigenvalue weighted by Crippen LogP contribution is 2.29. The third kappa shape index (κ3) is 5.84. The number of aryl methyl sites for hydroxylation is 2. The summed E-state index contributed by atoms with van der Waals surface area (Å²) in [5, 5.41) is 2.09. The van der Waals surface area contributed by atoms with Crippen LogP contribution in [-0.2, 0) is 39.8 Å². The normalized spacial score (nSPS) is 16.2. The second-order valence-corrected chi connectivity index (χ2v) is 11.4. The van der Waals surface area contributed by atoms with Gasteiger partial charge in [-0.2, -0.15) is 0 Å². The molecule has 4 rings (SSSR count). The number of thiazole rings is 1. The van der Waals surface area contributed by atoms with Crippen LogP contribution in [0.2, 0.25) is 0 Å². The first kappa shape index (κ1) is 22.7. The van der Waals surface area contributed by atoms with Crippen molar-refractivity contribution in [1.82, 2.24) is 9.88 Å². The van der Waals surface area contributed by atoms with Gasteiger partial charge in [-0.15, -0.1) is 11.3 Å². The first-order valence-electron chi connectivity index (χ1n) is 11.0. The zero-order valence-electron chi connectivity index (χ0n) is 18.0. The van der Waals surface area contributed by atoms with E-state index in [1.165, 1.54) is 21.8 Å². The number of aromatic nitrogens is 1. The molecule has 32 heavy (non-hydrogen) atoms. The number of hydrogen-bond acceptors (Lipinski definition) is 5. The molecule has 0 saturated carbocycles. The number of β-lactam (4-membered cyclic amide) rings is 1. The Labute approximate surface area is 194 Å². The molecule has 1 atom stereocenters. The molecule has 5 nitrogen and oxygen atoms in total. The van der Waals surface area contributed by atoms with Crippen LogP contribution in [0.3, 0.4) is 0 Å². The SMILES string of the molecule is O=C1CC(S(=O)(=O)Cc2ccccc2)N1Cc1nc(CCCCCc2ccccc2)cs1. The molecule has 2 heterocycles. The highest BCUT2D eigenvalue weighted by atomic mass is 32.2. The van der Waals surface area contributed by atoms with Crippen molar-refractivity contribution in [3.05, 3.63) is 87.9 Å². The predicted molar refractivity (Wildman–Crippen MR) is 128 cm³/mol. The maximum atomic E-state index is 12.8. The monoisotopic (exact) mass is 468 g/mol. The average Bonchev–Trinajstić information content (AvgIpc) is 3.24. The second-order valence-electron chi connectivity index (χ2n) is 8.25. The largest absolute Gasteiger partial charge is 0.318 e. The van der Waals surface area contributed by atoms with Gasteiger partial charge < -0.3 is 4.90 Å². The van der Waals surface area contributed by atoms with Crippen molar-refractivity contribution < 1.29 is 13.2 Å². The first-order valence-corrected chi connectivity index (χ1v) is 13.6. The lowest BCUT2D eigenvalue weighted by Gasteiger charge is -2.39. The van der Waals surface area contributed by atoms with Gasteiger partial charge in [0, 0.05) is 5.38 Å². The van der Waals surface area contributed by atoms with E-state index in [2.05, 4.69) is 29.2 Å². The first-order chi connectivity index (χ1) is 15.5. The van der Waals surface area contributed by atoms with Crippen molar-refractivity contribution in [3.8, 4) is 0 Å². The topological polar surface area (TPSA) is 67.3 Å². The summed E-state index contributed by atoms with van der Waals surface area (Å²) in [6, 6.07) is 19.6. The summed E-state index contributed by atoms with van der Waals surface area (Å²) in [6.07, 6.45) is 5.45. The zero-order valence-corrected chi connectivity index (χ0v) is 19.7. The Morgan fingerprint density at radius 3 is 2.25 bits per heavy atom. The van der Waals surface area contributed by atoms with Crippen molar-refractivity contribution in [1.29, 1.82) is 0 Å². The Bertz CT molecular complexity index is 1130. The smallest absolute Gasteiger partial charge is 0.227 e. The van der Waals surface area contributed by atoms with Gasteiger partial charge in [-0.3, -0.25) is 4.79 Å². The third-order valence-electron chi connectivity index (χ3n) is 5.79. The molecule has 1 aliphatic rings. The molecule has 2 aromatic carbocycles. The summed E-state index contributed by atoms with van der Waals surface area (Å²) in [4.78, 5) is 18.3. The fraction of sp³-hybridized carbons (Fsp3) is 0.360. The van der Waals surface area contributed by atoms with Crippen LogP contribution in [-0.4, -0.2) is 29.6 Å². The van der Waals surface area contributed by atoms with E-state index in [0.717, 1.165) is 48.4 Å². The third-order valence-corrected chi connectivity index (χ3v) is 8.66. The minimum Gasteiger partial charge on any atom is -0.318 e. The van der Waals surface area contributed by atoms with Crippen molar-refractivity contribution in [2.45, 2.75) is 56.2 Å². The van der Waals surface area contributed by atoms with E-state index in [1.54, 1.807) is 12.1 Å². The predicted octanol–water partition coefficient (Wildman–Crippen LogP) is 4.77. The summed E-state index contributed by atoms with van der Waals surface area (Å²) >= 11 is 1.51. The molecule has 168 valence electrons. The molecule has 0 radical (unpaired) electrons. The molecule has 3 aromatic rings. The fourth-order valence-electron chi connectivity index (χ4n) is 3.98. The van der Waals surface area contributed by atoms with Crippen LogP contribution in [0.1, 0.15) is 47.5 Å². The molecule has 1 unspecified atom stereocenters. The number of amides is 1. The molecule has 1 saturated heterocycles. The van der Waals surface area contributed by atoms with Gasteiger partial charge in [0.2, 0.25) is 5.91 Å². The molecule has 7 heteroatoms. The van der Waals surface area contributed by atoms with Gasteiger partial charge in [0.1, 0.15) is 10.4 Å². The second kappa shape index (κ2) is 10.4. The number of carbonyl (C=O) groups is 1. The maximum absolute atomic E-state index is 12.8. The molecular weight excluding hydrogens is 440 g/mol. The van der Waals surface area contributed by atoms with Crippen molar-refractivity contribution in [2.24, 2.45) is 0 Å². The molecule has 1 aromatic heterocycles. The fourth-order valence-corrected chi connectivity index (χ4v) is 6.63. The lowest BCUT2D eigenvalue weighted by molar-refractivity contribution is -0.142. The van der Waals surface area contributed by atoms with E-state index in [-0.39, 0.29) is 24.6 Å². The summed E-state index contributed by atoms with van der Waals surface area (Å²) < 4.78 is 25.7. The van der Waals surface area contributed by atoms with E-state index in [9.17, 15) is 13.2 Å². The molecule has 1 fully saturated rings. The van der Waals surface area contributed by atoms with Crippen LogP contribution in [0.4, 0.5) is 0 Å². The zero-order chi connectivity index (χ0) is 22.4. The lowest BCUT2D eigenvalue weighted by Crippen LogP contribution is -2.55. The van der Waals surface area contributed by atoms with E-state index < -0.39 is 15.2 Å². The molecule has 1 amide bonds. The van der Waals surface area contributed by atoms with Crippen LogP contribution in [0.5, 0.6) is 0 Å². The molecular formula is C25H28N2O3S2. The van der Waals surface area contributed by atoms with E-state index in [4.69, 9.17) is 0 Å². The van der Waals surface area contributed by atoms with E-state index in [1.807, 2.05) is 29.6 Å². The maximum Gasteiger partial charge on any atom is 0.227 e. The van der Waals surface area contributed by atoms with Gasteiger partial charge in [0.15, 0.2) is 9.84 Å². The Morgan fingerprint density at radius 1 is 0.906 bits per heavy atom. The summed E-state index contributed by atoms with van der Waals surface area (Å²) in [5.41, 5.74) is 3.15. The van der Waals surface area contributed by atoms with Crippen LogP contribution >= 0.6 is 11.3 Å². The highest BCUT2D eigenvalue weighted by Gasteiger charge is 2.45. The number of sulfone groups is 1. The van der Waals surface area contributed by atoms with E-state index >= 15 is 0 Å². The number of unbranched alkanes of at least 4 members (excludes halogenated alkanes) is 2. The number of benzene rings is 2. The van der Waals surface area contributed by atoms with Gasteiger partial charge in [0.25, 0.3) is 0 Å². The Hall–Kier alpha value is -2.51. The van der Waals surface area contributed by atoms with Crippen LogP contribution in [0, 0.1) is 0 Å². The molecule has 0 N–H and O–H groups in total. The average molecular weight is 469 g/mol. The number of rotatable bonds is 11. The lowest BCUT2D eigenvalue weighted by atomic mass is 10.1. The summed E-state index contributed by atoms with van der Waals surface area (Å²) in [6.45, 7) is 0.274. The Kier molecular flexibility index (Phi) is 7.37. The molecule has 1 aliphatic heterocycles. The van der Waals surface area contributed by atoms with Gasteiger partial charge in [-0.25, -0.2) is 13.4 Å². The highest BCUT2D eigenvalue weighted by molar-refractivity contribution is 7.91. The minimum absolute atomic E-state index is 0.0472. The molecule has 0 spiro atoms. The summed E-state index contributed by atoms with van der Waals surface area (Å²) in [5.74, 6) is -0.168. The molecule has 0 bridgehead atoms. The van der Waals surface area contributed by atoms with Crippen molar-refractivity contribution in [2.75, 3.05) is 0 Å². The number of likely N-dealkylation sites (tertiary alicyclic amines) is 1. The molecule has 0 aliphatic carbocycles. The number of hydrogen-bond donors (Lipinski definition) is 0. The van der Waals surface area contributed by atoms with Crippen LogP contribution in [0.25, 0.3) is 0 Å².